The lowest BCUT2D eigenvalue weighted by Gasteiger charge is -2.24. The van der Waals surface area contributed by atoms with Crippen molar-refractivity contribution in [3.05, 3.63) is 0 Å². The Balaban J connectivity index is 5.26. The number of amides is 3. The van der Waals surface area contributed by atoms with Crippen LogP contribution in [-0.4, -0.2) is 94.0 Å². The van der Waals surface area contributed by atoms with Gasteiger partial charge >= 0.3 is 11.9 Å². The van der Waals surface area contributed by atoms with E-state index >= 15 is 0 Å². The molecule has 0 aliphatic rings. The minimum absolute atomic E-state index is 0.0717. The molecule has 3 amide bonds. The van der Waals surface area contributed by atoms with Crippen LogP contribution >= 0.6 is 0 Å². The highest BCUT2D eigenvalue weighted by Gasteiger charge is 2.30. The van der Waals surface area contributed by atoms with Crippen molar-refractivity contribution in [2.75, 3.05) is 19.8 Å². The van der Waals surface area contributed by atoms with Gasteiger partial charge in [0.1, 0.15) is 24.2 Å². The molecule has 0 fully saturated rings. The first-order chi connectivity index (χ1) is 14.6. The molecule has 0 spiro atoms. The number of carboxylic acid groups (broad SMARTS) is 2. The molecule has 0 bridgehead atoms. The molecule has 11 N–H and O–H groups in total. The van der Waals surface area contributed by atoms with Crippen LogP contribution in [0.2, 0.25) is 0 Å². The van der Waals surface area contributed by atoms with Crippen LogP contribution in [0, 0.1) is 0 Å². The van der Waals surface area contributed by atoms with Crippen LogP contribution in [0.4, 0.5) is 0 Å². The average Bonchev–Trinajstić information content (AvgIpc) is 2.72. The highest BCUT2D eigenvalue weighted by molar-refractivity contribution is 5.94. The van der Waals surface area contributed by atoms with E-state index in [2.05, 4.69) is 16.0 Å². The van der Waals surface area contributed by atoms with Crippen molar-refractivity contribution in [3.8, 4) is 0 Å². The SMILES string of the molecule is NCCCCC(NC(=O)C(CO)NC(=O)C(N)CO)C(=O)NC(CCC(=O)O)C(=O)O. The van der Waals surface area contributed by atoms with Gasteiger partial charge in [0.2, 0.25) is 17.7 Å². The third-order valence-electron chi connectivity index (χ3n) is 4.19. The summed E-state index contributed by atoms with van der Waals surface area (Å²) in [5.74, 6) is -5.40. The largest absolute Gasteiger partial charge is 0.481 e. The van der Waals surface area contributed by atoms with E-state index in [9.17, 15) is 34.2 Å². The van der Waals surface area contributed by atoms with Gasteiger partial charge in [-0.2, -0.15) is 0 Å². The lowest BCUT2D eigenvalue weighted by Crippen LogP contribution is -2.58. The zero-order chi connectivity index (χ0) is 24.0. The highest BCUT2D eigenvalue weighted by Crippen LogP contribution is 2.05. The number of aliphatic carboxylic acids is 2. The maximum atomic E-state index is 12.5. The number of nitrogens with two attached hydrogens (primary N) is 2. The van der Waals surface area contributed by atoms with E-state index in [0.717, 1.165) is 0 Å². The maximum Gasteiger partial charge on any atom is 0.326 e. The minimum atomic E-state index is -1.49. The quantitative estimate of drug-likeness (QED) is 0.102. The number of hydrogen-bond acceptors (Lipinski definition) is 9. The summed E-state index contributed by atoms with van der Waals surface area (Å²) in [5.41, 5.74) is 10.7. The van der Waals surface area contributed by atoms with Crippen LogP contribution in [0.1, 0.15) is 32.1 Å². The van der Waals surface area contributed by atoms with Crippen molar-refractivity contribution < 1.29 is 44.4 Å². The zero-order valence-corrected chi connectivity index (χ0v) is 17.0. The minimum Gasteiger partial charge on any atom is -0.481 e. The molecule has 0 aromatic rings. The fourth-order valence-corrected chi connectivity index (χ4v) is 2.39. The van der Waals surface area contributed by atoms with E-state index in [1.165, 1.54) is 0 Å². The normalized spacial score (nSPS) is 14.6. The van der Waals surface area contributed by atoms with Crippen LogP contribution in [0.3, 0.4) is 0 Å². The summed E-state index contributed by atoms with van der Waals surface area (Å²) in [4.78, 5) is 58.7. The monoisotopic (exact) mass is 449 g/mol. The lowest BCUT2D eigenvalue weighted by atomic mass is 10.1. The number of nitrogens with one attached hydrogen (secondary N) is 3. The fourth-order valence-electron chi connectivity index (χ4n) is 2.39. The average molecular weight is 449 g/mol. The molecule has 0 rings (SSSR count). The first-order valence-electron chi connectivity index (χ1n) is 9.60. The first-order valence-corrected chi connectivity index (χ1v) is 9.60. The summed E-state index contributed by atoms with van der Waals surface area (Å²) >= 11 is 0. The highest BCUT2D eigenvalue weighted by atomic mass is 16.4. The molecule has 0 aliphatic heterocycles. The Morgan fingerprint density at radius 2 is 1.29 bits per heavy atom. The third-order valence-corrected chi connectivity index (χ3v) is 4.19. The van der Waals surface area contributed by atoms with Gasteiger partial charge in [-0.15, -0.1) is 0 Å². The number of unbranched alkanes of at least 4 members (excludes halogenated alkanes) is 1. The Kier molecular flexibility index (Phi) is 13.7. The molecule has 0 aromatic heterocycles. The van der Waals surface area contributed by atoms with E-state index < -0.39 is 73.5 Å². The number of aliphatic hydroxyl groups excluding tert-OH is 2. The standard InChI is InChI=1S/C17H31N5O9/c18-6-2-1-3-10(15(28)21-11(17(30)31)4-5-13(25)26)20-16(29)12(8-24)22-14(27)9(19)7-23/h9-12,23-24H,1-8,18-19H2,(H,20,29)(H,21,28)(H,22,27)(H,25,26)(H,30,31). The van der Waals surface area contributed by atoms with E-state index in [0.29, 0.717) is 19.4 Å². The van der Waals surface area contributed by atoms with Gasteiger partial charge in [0.25, 0.3) is 0 Å². The van der Waals surface area contributed by atoms with Crippen molar-refractivity contribution in [2.45, 2.75) is 56.3 Å². The summed E-state index contributed by atoms with van der Waals surface area (Å²) in [6.45, 7) is -1.21. The molecule has 4 unspecified atom stereocenters. The van der Waals surface area contributed by atoms with Crippen LogP contribution in [-0.2, 0) is 24.0 Å². The van der Waals surface area contributed by atoms with Gasteiger partial charge in [-0.3, -0.25) is 19.2 Å². The molecule has 0 aliphatic carbocycles. The Morgan fingerprint density at radius 3 is 1.77 bits per heavy atom. The second-order valence-electron chi connectivity index (χ2n) is 6.71. The molecule has 0 aromatic carbocycles. The Bertz CT molecular complexity index is 631. The summed E-state index contributed by atoms with van der Waals surface area (Å²) in [7, 11) is 0. The molecule has 14 nitrogen and oxygen atoms in total. The second kappa shape index (κ2) is 15.1. The van der Waals surface area contributed by atoms with E-state index in [1.807, 2.05) is 0 Å². The molecular formula is C17H31N5O9. The Hall–Kier alpha value is -2.81. The zero-order valence-electron chi connectivity index (χ0n) is 17.0. The summed E-state index contributed by atoms with van der Waals surface area (Å²) in [5, 5.41) is 42.8. The topological polar surface area (TPSA) is 254 Å². The molecule has 0 radical (unpaired) electrons. The number of carbonyl (C=O) groups excluding carboxylic acids is 3. The molecule has 4 atom stereocenters. The van der Waals surface area contributed by atoms with Crippen molar-refractivity contribution >= 4 is 29.7 Å². The molecule has 0 heterocycles. The summed E-state index contributed by atoms with van der Waals surface area (Å²) in [6, 6.07) is -5.52. The van der Waals surface area contributed by atoms with Gasteiger partial charge in [0.05, 0.1) is 13.2 Å². The van der Waals surface area contributed by atoms with Crippen LogP contribution in [0.25, 0.3) is 0 Å². The van der Waals surface area contributed by atoms with Crippen LogP contribution in [0.5, 0.6) is 0 Å². The van der Waals surface area contributed by atoms with Gasteiger partial charge in [0.15, 0.2) is 0 Å². The van der Waals surface area contributed by atoms with Crippen molar-refractivity contribution in [3.63, 3.8) is 0 Å². The molecular weight excluding hydrogens is 418 g/mol. The molecule has 0 saturated carbocycles. The second-order valence-corrected chi connectivity index (χ2v) is 6.71. The van der Waals surface area contributed by atoms with E-state index in [1.54, 1.807) is 0 Å². The predicted molar refractivity (Wildman–Crippen MR) is 105 cm³/mol. The van der Waals surface area contributed by atoms with Gasteiger partial charge in [0, 0.05) is 6.42 Å². The van der Waals surface area contributed by atoms with Gasteiger partial charge < -0.3 is 47.8 Å². The molecule has 31 heavy (non-hydrogen) atoms. The maximum absolute atomic E-state index is 12.5. The first kappa shape index (κ1) is 28.2. The summed E-state index contributed by atoms with van der Waals surface area (Å²) in [6.07, 6.45) is 0.113. The van der Waals surface area contributed by atoms with Crippen molar-refractivity contribution in [1.29, 1.82) is 0 Å². The number of rotatable bonds is 16. The lowest BCUT2D eigenvalue weighted by molar-refractivity contribution is -0.143. The summed E-state index contributed by atoms with van der Waals surface area (Å²) < 4.78 is 0. The van der Waals surface area contributed by atoms with Gasteiger partial charge in [-0.1, -0.05) is 0 Å². The van der Waals surface area contributed by atoms with Crippen LogP contribution < -0.4 is 27.4 Å². The van der Waals surface area contributed by atoms with E-state index in [-0.39, 0.29) is 12.8 Å². The third kappa shape index (κ3) is 11.2. The predicted octanol–water partition coefficient (Wildman–Crippen LogP) is -4.17. The molecule has 0 saturated heterocycles. The fraction of sp³-hybridized carbons (Fsp3) is 0.706. The smallest absolute Gasteiger partial charge is 0.326 e. The number of carboxylic acids is 2. The van der Waals surface area contributed by atoms with Gasteiger partial charge in [-0.05, 0) is 32.2 Å². The van der Waals surface area contributed by atoms with Crippen molar-refractivity contribution in [2.24, 2.45) is 11.5 Å². The Labute approximate surface area is 178 Å². The molecule has 14 heteroatoms. The number of carbonyl (C=O) groups is 5. The Morgan fingerprint density at radius 1 is 0.742 bits per heavy atom. The number of aliphatic hydroxyl groups is 2. The van der Waals surface area contributed by atoms with Gasteiger partial charge in [-0.25, -0.2) is 4.79 Å². The molecule has 178 valence electrons. The number of hydrogen-bond donors (Lipinski definition) is 9. The van der Waals surface area contributed by atoms with Crippen LogP contribution in [0.15, 0.2) is 0 Å². The van der Waals surface area contributed by atoms with E-state index in [4.69, 9.17) is 21.7 Å². The van der Waals surface area contributed by atoms with Crippen molar-refractivity contribution in [1.82, 2.24) is 16.0 Å².